The monoisotopic (exact) mass is 345 g/mol. The van der Waals surface area contributed by atoms with E-state index in [4.69, 9.17) is 4.74 Å². The fraction of sp³-hybridized carbons (Fsp3) is 0.0526. The van der Waals surface area contributed by atoms with Crippen molar-refractivity contribution in [3.8, 4) is 17.0 Å². The normalized spacial score (nSPS) is 10.7. The Morgan fingerprint density at radius 2 is 2.04 bits per heavy atom. The number of ether oxygens (including phenoxy) is 1. The van der Waals surface area contributed by atoms with Crippen molar-refractivity contribution < 1.29 is 9.53 Å². The van der Waals surface area contributed by atoms with Crippen molar-refractivity contribution in [3.05, 3.63) is 72.7 Å². The molecule has 0 fully saturated rings. The first-order chi connectivity index (χ1) is 12.7. The number of methoxy groups -OCH3 is 1. The maximum atomic E-state index is 12.2. The van der Waals surface area contributed by atoms with Crippen molar-refractivity contribution in [2.45, 2.75) is 0 Å². The van der Waals surface area contributed by atoms with E-state index in [9.17, 15) is 4.79 Å². The molecule has 0 aliphatic carbocycles. The van der Waals surface area contributed by atoms with Crippen molar-refractivity contribution in [1.29, 1.82) is 0 Å². The zero-order chi connectivity index (χ0) is 17.9. The molecule has 0 atom stereocenters. The summed E-state index contributed by atoms with van der Waals surface area (Å²) in [6.07, 6.45) is 3.24. The highest BCUT2D eigenvalue weighted by atomic mass is 16.5. The molecule has 3 aromatic heterocycles. The van der Waals surface area contributed by atoms with Crippen LogP contribution in [0.4, 0.5) is 5.82 Å². The SMILES string of the molecule is COc1cccc(-c2ccc3nc(NC(=O)c4ccccn4)cn3n2)c1. The third kappa shape index (κ3) is 3.10. The third-order valence-electron chi connectivity index (χ3n) is 3.82. The number of nitrogens with one attached hydrogen (secondary N) is 1. The van der Waals surface area contributed by atoms with Crippen molar-refractivity contribution in [2.75, 3.05) is 12.4 Å². The van der Waals surface area contributed by atoms with Crippen LogP contribution in [0.1, 0.15) is 10.5 Å². The second kappa shape index (κ2) is 6.64. The number of carbonyl (C=O) groups is 1. The zero-order valence-corrected chi connectivity index (χ0v) is 14.0. The van der Waals surface area contributed by atoms with Gasteiger partial charge >= 0.3 is 0 Å². The molecule has 7 nitrogen and oxygen atoms in total. The standard InChI is InChI=1S/C19H15N5O2/c1-26-14-6-4-5-13(11-14)15-8-9-18-21-17(12-24(18)23-15)22-19(25)16-7-2-3-10-20-16/h2-12H,1H3,(H,22,25). The van der Waals surface area contributed by atoms with Gasteiger partial charge in [0.1, 0.15) is 11.4 Å². The molecule has 0 radical (unpaired) electrons. The first-order valence-corrected chi connectivity index (χ1v) is 7.96. The number of carbonyl (C=O) groups excluding carboxylic acids is 1. The average molecular weight is 345 g/mol. The van der Waals surface area contributed by atoms with Crippen LogP contribution in [0.15, 0.2) is 67.0 Å². The Morgan fingerprint density at radius 3 is 2.85 bits per heavy atom. The number of rotatable bonds is 4. The summed E-state index contributed by atoms with van der Waals surface area (Å²) in [5, 5.41) is 7.28. The molecular formula is C19H15N5O2. The van der Waals surface area contributed by atoms with E-state index in [0.717, 1.165) is 17.0 Å². The zero-order valence-electron chi connectivity index (χ0n) is 14.0. The number of hydrogen-bond donors (Lipinski definition) is 1. The predicted molar refractivity (Wildman–Crippen MR) is 97.2 cm³/mol. The Bertz CT molecular complexity index is 1080. The number of nitrogens with zero attached hydrogens (tertiary/aromatic N) is 4. The number of benzene rings is 1. The molecule has 0 bridgehead atoms. The Kier molecular flexibility index (Phi) is 4.03. The lowest BCUT2D eigenvalue weighted by molar-refractivity contribution is 0.102. The summed E-state index contributed by atoms with van der Waals surface area (Å²) in [6.45, 7) is 0. The topological polar surface area (TPSA) is 81.4 Å². The van der Waals surface area contributed by atoms with Crippen molar-refractivity contribution in [2.24, 2.45) is 0 Å². The number of anilines is 1. The summed E-state index contributed by atoms with van der Waals surface area (Å²) in [5.41, 5.74) is 2.66. The molecular weight excluding hydrogens is 330 g/mol. The van der Waals surface area contributed by atoms with Gasteiger partial charge in [-0.1, -0.05) is 18.2 Å². The van der Waals surface area contributed by atoms with Crippen LogP contribution in [-0.2, 0) is 0 Å². The second-order valence-electron chi connectivity index (χ2n) is 5.55. The van der Waals surface area contributed by atoms with Gasteiger partial charge in [-0.15, -0.1) is 0 Å². The van der Waals surface area contributed by atoms with Gasteiger partial charge in [0.15, 0.2) is 11.5 Å². The maximum absolute atomic E-state index is 12.2. The van der Waals surface area contributed by atoms with Gasteiger partial charge < -0.3 is 10.1 Å². The summed E-state index contributed by atoms with van der Waals surface area (Å²) in [4.78, 5) is 20.6. The van der Waals surface area contributed by atoms with E-state index in [2.05, 4.69) is 20.4 Å². The largest absolute Gasteiger partial charge is 0.497 e. The van der Waals surface area contributed by atoms with E-state index < -0.39 is 0 Å². The molecule has 3 heterocycles. The molecule has 0 spiro atoms. The predicted octanol–water partition coefficient (Wildman–Crippen LogP) is 3.05. The molecule has 128 valence electrons. The first-order valence-electron chi connectivity index (χ1n) is 7.96. The van der Waals surface area contributed by atoms with Gasteiger partial charge in [-0.3, -0.25) is 9.78 Å². The number of hydrogen-bond acceptors (Lipinski definition) is 5. The lowest BCUT2D eigenvalue weighted by Crippen LogP contribution is -2.13. The fourth-order valence-electron chi connectivity index (χ4n) is 2.56. The van der Waals surface area contributed by atoms with Gasteiger partial charge in [-0.2, -0.15) is 5.10 Å². The minimum Gasteiger partial charge on any atom is -0.497 e. The minimum atomic E-state index is -0.318. The van der Waals surface area contributed by atoms with Gasteiger partial charge in [0, 0.05) is 11.8 Å². The molecule has 0 aliphatic heterocycles. The Hall–Kier alpha value is -3.74. The van der Waals surface area contributed by atoms with Gasteiger partial charge in [0.25, 0.3) is 5.91 Å². The van der Waals surface area contributed by atoms with E-state index in [-0.39, 0.29) is 5.91 Å². The molecule has 7 heteroatoms. The van der Waals surface area contributed by atoms with Crippen LogP contribution in [0, 0.1) is 0 Å². The highest BCUT2D eigenvalue weighted by Crippen LogP contribution is 2.22. The number of fused-ring (bicyclic) bond motifs is 1. The molecule has 0 aliphatic rings. The Labute approximate surface area is 149 Å². The first kappa shape index (κ1) is 15.8. The number of imidazole rings is 1. The van der Waals surface area contributed by atoms with E-state index in [1.165, 1.54) is 0 Å². The molecule has 26 heavy (non-hydrogen) atoms. The van der Waals surface area contributed by atoms with Crippen molar-refractivity contribution in [3.63, 3.8) is 0 Å². The molecule has 0 unspecified atom stereocenters. The average Bonchev–Trinajstić information content (AvgIpc) is 3.10. The number of aromatic nitrogens is 4. The quantitative estimate of drug-likeness (QED) is 0.615. The van der Waals surface area contributed by atoms with Gasteiger partial charge in [0.2, 0.25) is 0 Å². The molecule has 1 N–H and O–H groups in total. The van der Waals surface area contributed by atoms with Crippen LogP contribution >= 0.6 is 0 Å². The van der Waals surface area contributed by atoms with E-state index in [1.807, 2.05) is 36.4 Å². The van der Waals surface area contributed by atoms with Crippen molar-refractivity contribution in [1.82, 2.24) is 19.6 Å². The van der Waals surface area contributed by atoms with Crippen LogP contribution in [-0.4, -0.2) is 32.6 Å². The molecule has 0 saturated heterocycles. The Morgan fingerprint density at radius 1 is 1.12 bits per heavy atom. The van der Waals surface area contributed by atoms with Gasteiger partial charge in [-0.05, 0) is 36.4 Å². The maximum Gasteiger partial charge on any atom is 0.275 e. The summed E-state index contributed by atoms with van der Waals surface area (Å²) >= 11 is 0. The lowest BCUT2D eigenvalue weighted by atomic mass is 10.1. The third-order valence-corrected chi connectivity index (χ3v) is 3.82. The summed E-state index contributed by atoms with van der Waals surface area (Å²) in [7, 11) is 1.63. The minimum absolute atomic E-state index is 0.318. The summed E-state index contributed by atoms with van der Waals surface area (Å²) in [5.74, 6) is 0.858. The lowest BCUT2D eigenvalue weighted by Gasteiger charge is -2.04. The molecule has 4 rings (SSSR count). The molecule has 4 aromatic rings. The second-order valence-corrected chi connectivity index (χ2v) is 5.55. The summed E-state index contributed by atoms with van der Waals surface area (Å²) < 4.78 is 6.88. The fourth-order valence-corrected chi connectivity index (χ4v) is 2.56. The van der Waals surface area contributed by atoms with E-state index >= 15 is 0 Å². The highest BCUT2D eigenvalue weighted by Gasteiger charge is 2.11. The van der Waals surface area contributed by atoms with E-state index in [1.54, 1.807) is 42.2 Å². The number of amides is 1. The molecule has 1 aromatic carbocycles. The van der Waals surface area contributed by atoms with Crippen LogP contribution in [0.25, 0.3) is 16.9 Å². The smallest absolute Gasteiger partial charge is 0.275 e. The Balaban J connectivity index is 1.62. The molecule has 0 saturated carbocycles. The highest BCUT2D eigenvalue weighted by molar-refractivity contribution is 6.02. The van der Waals surface area contributed by atoms with Crippen molar-refractivity contribution >= 4 is 17.4 Å². The number of pyridine rings is 1. The van der Waals surface area contributed by atoms with E-state index in [0.29, 0.717) is 17.2 Å². The van der Waals surface area contributed by atoms with Crippen LogP contribution < -0.4 is 10.1 Å². The summed E-state index contributed by atoms with van der Waals surface area (Å²) in [6, 6.07) is 16.5. The van der Waals surface area contributed by atoms with Crippen LogP contribution in [0.5, 0.6) is 5.75 Å². The van der Waals surface area contributed by atoms with Crippen LogP contribution in [0.3, 0.4) is 0 Å². The van der Waals surface area contributed by atoms with Gasteiger partial charge in [-0.25, -0.2) is 9.50 Å². The molecule has 1 amide bonds. The van der Waals surface area contributed by atoms with Crippen LogP contribution in [0.2, 0.25) is 0 Å². The van der Waals surface area contributed by atoms with Gasteiger partial charge in [0.05, 0.1) is 19.0 Å².